The Bertz CT molecular complexity index is 324. The van der Waals surface area contributed by atoms with E-state index in [1.807, 2.05) is 11.8 Å². The molecule has 22 heavy (non-hydrogen) atoms. The van der Waals surface area contributed by atoms with Crippen LogP contribution in [0.25, 0.3) is 0 Å². The van der Waals surface area contributed by atoms with Crippen LogP contribution in [-0.2, 0) is 14.3 Å². The zero-order chi connectivity index (χ0) is 16.2. The summed E-state index contributed by atoms with van der Waals surface area (Å²) in [6, 6.07) is 0. The van der Waals surface area contributed by atoms with E-state index in [9.17, 15) is 9.59 Å². The standard InChI is InChI=1S/C18H33NO3/c1-3-5-9-13-19(14-12-18(21)22-4-2)17(20)15-16-10-7-6-8-11-16/h16H,3-15H2,1-2H3. The lowest BCUT2D eigenvalue weighted by atomic mass is 9.86. The highest BCUT2D eigenvalue weighted by atomic mass is 16.5. The molecule has 0 bridgehead atoms. The second-order valence-electron chi connectivity index (χ2n) is 6.35. The van der Waals surface area contributed by atoms with Crippen molar-refractivity contribution in [3.05, 3.63) is 0 Å². The number of nitrogens with zero attached hydrogens (tertiary/aromatic N) is 1. The maximum Gasteiger partial charge on any atom is 0.307 e. The molecule has 0 saturated heterocycles. The van der Waals surface area contributed by atoms with Gasteiger partial charge in [0.05, 0.1) is 13.0 Å². The van der Waals surface area contributed by atoms with Crippen molar-refractivity contribution in [2.45, 2.75) is 78.1 Å². The molecule has 1 aliphatic carbocycles. The Balaban J connectivity index is 2.43. The zero-order valence-electron chi connectivity index (χ0n) is 14.4. The van der Waals surface area contributed by atoms with Crippen molar-refractivity contribution in [1.82, 2.24) is 4.90 Å². The van der Waals surface area contributed by atoms with Gasteiger partial charge in [-0.3, -0.25) is 9.59 Å². The van der Waals surface area contributed by atoms with Crippen molar-refractivity contribution < 1.29 is 14.3 Å². The molecular weight excluding hydrogens is 278 g/mol. The van der Waals surface area contributed by atoms with Crippen LogP contribution in [0.3, 0.4) is 0 Å². The average Bonchev–Trinajstić information content (AvgIpc) is 2.52. The molecule has 1 rings (SSSR count). The number of ether oxygens (including phenoxy) is 1. The minimum absolute atomic E-state index is 0.201. The molecule has 0 aromatic rings. The second kappa shape index (κ2) is 11.5. The number of hydrogen-bond donors (Lipinski definition) is 0. The van der Waals surface area contributed by atoms with Crippen LogP contribution < -0.4 is 0 Å². The molecule has 1 fully saturated rings. The lowest BCUT2D eigenvalue weighted by molar-refractivity contribution is -0.144. The van der Waals surface area contributed by atoms with E-state index >= 15 is 0 Å². The van der Waals surface area contributed by atoms with Crippen LogP contribution in [0, 0.1) is 5.92 Å². The predicted molar refractivity (Wildman–Crippen MR) is 88.5 cm³/mol. The molecule has 0 atom stereocenters. The van der Waals surface area contributed by atoms with Gasteiger partial charge in [0.25, 0.3) is 0 Å². The van der Waals surface area contributed by atoms with Gasteiger partial charge in [-0.05, 0) is 32.1 Å². The van der Waals surface area contributed by atoms with Crippen LogP contribution in [0.15, 0.2) is 0 Å². The maximum atomic E-state index is 12.5. The van der Waals surface area contributed by atoms with E-state index in [1.165, 1.54) is 32.1 Å². The number of carbonyl (C=O) groups excluding carboxylic acids is 2. The van der Waals surface area contributed by atoms with E-state index < -0.39 is 0 Å². The van der Waals surface area contributed by atoms with E-state index in [0.717, 1.165) is 25.8 Å². The fourth-order valence-electron chi connectivity index (χ4n) is 3.14. The normalized spacial score (nSPS) is 15.5. The van der Waals surface area contributed by atoms with Gasteiger partial charge in [0, 0.05) is 19.5 Å². The Kier molecular flexibility index (Phi) is 9.93. The van der Waals surface area contributed by atoms with Gasteiger partial charge in [0.1, 0.15) is 0 Å². The molecule has 0 aliphatic heterocycles. The quantitative estimate of drug-likeness (QED) is 0.453. The predicted octanol–water partition coefficient (Wildman–Crippen LogP) is 3.93. The highest BCUT2D eigenvalue weighted by Crippen LogP contribution is 2.26. The van der Waals surface area contributed by atoms with Gasteiger partial charge in [-0.15, -0.1) is 0 Å². The molecule has 0 unspecified atom stereocenters. The number of unbranched alkanes of at least 4 members (excludes halogenated alkanes) is 2. The molecule has 4 heteroatoms. The summed E-state index contributed by atoms with van der Waals surface area (Å²) < 4.78 is 4.97. The van der Waals surface area contributed by atoms with Crippen LogP contribution in [0.1, 0.15) is 78.1 Å². The molecule has 4 nitrogen and oxygen atoms in total. The first kappa shape index (κ1) is 19.0. The van der Waals surface area contributed by atoms with Crippen LogP contribution in [0.5, 0.6) is 0 Å². The third-order valence-corrected chi connectivity index (χ3v) is 4.46. The first-order valence-corrected chi connectivity index (χ1v) is 9.10. The van der Waals surface area contributed by atoms with Crippen molar-refractivity contribution in [3.63, 3.8) is 0 Å². The molecule has 0 aromatic heterocycles. The highest BCUT2D eigenvalue weighted by Gasteiger charge is 2.21. The van der Waals surface area contributed by atoms with Crippen LogP contribution in [-0.4, -0.2) is 36.5 Å². The van der Waals surface area contributed by atoms with Gasteiger partial charge in [-0.1, -0.05) is 39.0 Å². The van der Waals surface area contributed by atoms with Crippen molar-refractivity contribution in [2.75, 3.05) is 19.7 Å². The molecule has 1 aliphatic rings. The van der Waals surface area contributed by atoms with E-state index in [4.69, 9.17) is 4.74 Å². The Morgan fingerprint density at radius 2 is 1.77 bits per heavy atom. The van der Waals surface area contributed by atoms with E-state index in [0.29, 0.717) is 31.9 Å². The SMILES string of the molecule is CCCCCN(CCC(=O)OCC)C(=O)CC1CCCCC1. The molecular formula is C18H33NO3. The largest absolute Gasteiger partial charge is 0.466 e. The Morgan fingerprint density at radius 3 is 2.41 bits per heavy atom. The summed E-state index contributed by atoms with van der Waals surface area (Å²) in [5.41, 5.74) is 0. The lowest BCUT2D eigenvalue weighted by Crippen LogP contribution is -2.35. The molecule has 0 aromatic carbocycles. The smallest absolute Gasteiger partial charge is 0.307 e. The summed E-state index contributed by atoms with van der Waals surface area (Å²) in [6.07, 6.45) is 10.5. The molecule has 0 N–H and O–H groups in total. The topological polar surface area (TPSA) is 46.6 Å². The van der Waals surface area contributed by atoms with E-state index in [1.54, 1.807) is 0 Å². The highest BCUT2D eigenvalue weighted by molar-refractivity contribution is 5.77. The summed E-state index contributed by atoms with van der Waals surface area (Å²) in [5.74, 6) is 0.582. The van der Waals surface area contributed by atoms with Crippen LogP contribution >= 0.6 is 0 Å². The summed E-state index contributed by atoms with van der Waals surface area (Å²) in [5, 5.41) is 0. The maximum absolute atomic E-state index is 12.5. The molecule has 128 valence electrons. The van der Waals surface area contributed by atoms with Crippen LogP contribution in [0.2, 0.25) is 0 Å². The number of amides is 1. The molecule has 0 radical (unpaired) electrons. The fraction of sp³-hybridized carbons (Fsp3) is 0.889. The van der Waals surface area contributed by atoms with Gasteiger partial charge in [-0.25, -0.2) is 0 Å². The Labute approximate surface area is 135 Å². The lowest BCUT2D eigenvalue weighted by Gasteiger charge is -2.27. The minimum Gasteiger partial charge on any atom is -0.466 e. The Hall–Kier alpha value is -1.06. The number of esters is 1. The molecule has 0 heterocycles. The summed E-state index contributed by atoms with van der Waals surface area (Å²) >= 11 is 0. The van der Waals surface area contributed by atoms with E-state index in [2.05, 4.69) is 6.92 Å². The first-order chi connectivity index (χ1) is 10.7. The summed E-state index contributed by atoms with van der Waals surface area (Å²) in [4.78, 5) is 26.0. The van der Waals surface area contributed by atoms with Gasteiger partial charge < -0.3 is 9.64 Å². The van der Waals surface area contributed by atoms with Crippen LogP contribution in [0.4, 0.5) is 0 Å². The van der Waals surface area contributed by atoms with Gasteiger partial charge >= 0.3 is 5.97 Å². The second-order valence-corrected chi connectivity index (χ2v) is 6.35. The third kappa shape index (κ3) is 7.81. The van der Waals surface area contributed by atoms with Gasteiger partial charge in [-0.2, -0.15) is 0 Å². The third-order valence-electron chi connectivity index (χ3n) is 4.46. The van der Waals surface area contributed by atoms with Gasteiger partial charge in [0.15, 0.2) is 0 Å². The number of hydrogen-bond acceptors (Lipinski definition) is 3. The number of carbonyl (C=O) groups is 2. The van der Waals surface area contributed by atoms with Crippen molar-refractivity contribution in [3.8, 4) is 0 Å². The molecule has 1 saturated carbocycles. The fourth-order valence-corrected chi connectivity index (χ4v) is 3.14. The molecule has 1 amide bonds. The summed E-state index contributed by atoms with van der Waals surface area (Å²) in [6.45, 7) is 5.66. The summed E-state index contributed by atoms with van der Waals surface area (Å²) in [7, 11) is 0. The van der Waals surface area contributed by atoms with Crippen molar-refractivity contribution >= 4 is 11.9 Å². The van der Waals surface area contributed by atoms with Crippen molar-refractivity contribution in [2.24, 2.45) is 5.92 Å². The zero-order valence-corrected chi connectivity index (χ0v) is 14.4. The first-order valence-electron chi connectivity index (χ1n) is 9.10. The minimum atomic E-state index is -0.201. The Morgan fingerprint density at radius 1 is 1.05 bits per heavy atom. The van der Waals surface area contributed by atoms with Gasteiger partial charge in [0.2, 0.25) is 5.91 Å². The molecule has 0 spiro atoms. The monoisotopic (exact) mass is 311 g/mol. The number of rotatable bonds is 10. The van der Waals surface area contributed by atoms with Crippen molar-refractivity contribution in [1.29, 1.82) is 0 Å². The van der Waals surface area contributed by atoms with E-state index in [-0.39, 0.29) is 11.9 Å². The average molecular weight is 311 g/mol.